The summed E-state index contributed by atoms with van der Waals surface area (Å²) in [6, 6.07) is -0.670. The highest BCUT2D eigenvalue weighted by molar-refractivity contribution is 5.81. The van der Waals surface area contributed by atoms with Gasteiger partial charge in [-0.3, -0.25) is 9.69 Å². The lowest BCUT2D eigenvalue weighted by molar-refractivity contribution is -0.133. The van der Waals surface area contributed by atoms with Crippen molar-refractivity contribution in [2.75, 3.05) is 46.4 Å². The summed E-state index contributed by atoms with van der Waals surface area (Å²) >= 11 is 0. The SMILES string of the molecule is COCC(N)C(=O)N1CCCN(CC(F)F)CC1. The van der Waals surface area contributed by atoms with Crippen LogP contribution < -0.4 is 5.73 Å². The van der Waals surface area contributed by atoms with Gasteiger partial charge in [0.2, 0.25) is 5.91 Å². The van der Waals surface area contributed by atoms with Crippen LogP contribution in [0.5, 0.6) is 0 Å². The number of nitrogens with zero attached hydrogens (tertiary/aromatic N) is 2. The molecule has 0 aromatic carbocycles. The van der Waals surface area contributed by atoms with Crippen molar-refractivity contribution in [3.8, 4) is 0 Å². The standard InChI is InChI=1S/C11H21F2N3O2/c1-18-8-9(14)11(17)16-4-2-3-15(5-6-16)7-10(12)13/h9-10H,2-8,14H2,1H3. The monoisotopic (exact) mass is 265 g/mol. The van der Waals surface area contributed by atoms with Crippen molar-refractivity contribution < 1.29 is 18.3 Å². The number of halogens is 2. The van der Waals surface area contributed by atoms with Gasteiger partial charge >= 0.3 is 0 Å². The van der Waals surface area contributed by atoms with Crippen molar-refractivity contribution in [3.05, 3.63) is 0 Å². The highest BCUT2D eigenvalue weighted by Crippen LogP contribution is 2.07. The van der Waals surface area contributed by atoms with Crippen molar-refractivity contribution in [1.29, 1.82) is 0 Å². The van der Waals surface area contributed by atoms with Crippen molar-refractivity contribution in [1.82, 2.24) is 9.80 Å². The number of amides is 1. The van der Waals surface area contributed by atoms with Crippen LogP contribution >= 0.6 is 0 Å². The number of hydrogen-bond acceptors (Lipinski definition) is 4. The molecule has 1 unspecified atom stereocenters. The largest absolute Gasteiger partial charge is 0.383 e. The van der Waals surface area contributed by atoms with Crippen molar-refractivity contribution in [2.45, 2.75) is 18.9 Å². The van der Waals surface area contributed by atoms with Crippen LogP contribution in [0.1, 0.15) is 6.42 Å². The van der Waals surface area contributed by atoms with Gasteiger partial charge in [0.15, 0.2) is 0 Å². The van der Waals surface area contributed by atoms with Gasteiger partial charge in [0.25, 0.3) is 6.43 Å². The minimum Gasteiger partial charge on any atom is -0.383 e. The van der Waals surface area contributed by atoms with Gasteiger partial charge in [-0.05, 0) is 6.42 Å². The molecule has 1 amide bonds. The van der Waals surface area contributed by atoms with E-state index in [4.69, 9.17) is 10.5 Å². The highest BCUT2D eigenvalue weighted by Gasteiger charge is 2.24. The molecule has 1 heterocycles. The molecule has 1 aliphatic rings. The Labute approximate surface area is 106 Å². The van der Waals surface area contributed by atoms with Crippen LogP contribution in [0, 0.1) is 0 Å². The molecule has 0 saturated carbocycles. The average Bonchev–Trinajstić information content (AvgIpc) is 2.53. The first-order valence-corrected chi connectivity index (χ1v) is 6.08. The van der Waals surface area contributed by atoms with Crippen LogP contribution in [0.25, 0.3) is 0 Å². The number of nitrogens with two attached hydrogens (primary N) is 1. The molecule has 2 N–H and O–H groups in total. The van der Waals surface area contributed by atoms with Crippen LogP contribution in [0.3, 0.4) is 0 Å². The Morgan fingerprint density at radius 2 is 2.06 bits per heavy atom. The zero-order valence-corrected chi connectivity index (χ0v) is 10.6. The Morgan fingerprint density at radius 1 is 1.33 bits per heavy atom. The maximum absolute atomic E-state index is 12.3. The number of methoxy groups -OCH3 is 1. The molecule has 0 radical (unpaired) electrons. The number of rotatable bonds is 5. The zero-order chi connectivity index (χ0) is 13.5. The van der Waals surface area contributed by atoms with Crippen LogP contribution in [-0.4, -0.2) is 74.6 Å². The Morgan fingerprint density at radius 3 is 2.67 bits per heavy atom. The predicted octanol–water partition coefficient (Wildman–Crippen LogP) is -0.240. The summed E-state index contributed by atoms with van der Waals surface area (Å²) in [7, 11) is 1.49. The van der Waals surface area contributed by atoms with Gasteiger partial charge in [0, 0.05) is 33.3 Å². The van der Waals surface area contributed by atoms with Gasteiger partial charge in [-0.1, -0.05) is 0 Å². The van der Waals surface area contributed by atoms with Crippen molar-refractivity contribution >= 4 is 5.91 Å². The number of hydrogen-bond donors (Lipinski definition) is 1. The third-order valence-electron chi connectivity index (χ3n) is 2.96. The summed E-state index contributed by atoms with van der Waals surface area (Å²) in [5.74, 6) is -0.171. The molecular formula is C11H21F2N3O2. The molecule has 1 aliphatic heterocycles. The molecule has 0 spiro atoms. The molecule has 18 heavy (non-hydrogen) atoms. The number of ether oxygens (including phenoxy) is 1. The van der Waals surface area contributed by atoms with Gasteiger partial charge in [-0.15, -0.1) is 0 Å². The Balaban J connectivity index is 2.43. The second-order valence-electron chi connectivity index (χ2n) is 4.43. The second-order valence-corrected chi connectivity index (χ2v) is 4.43. The van der Waals surface area contributed by atoms with E-state index in [0.29, 0.717) is 32.6 Å². The first-order chi connectivity index (χ1) is 8.54. The van der Waals surface area contributed by atoms with E-state index in [1.165, 1.54) is 7.11 Å². The first kappa shape index (κ1) is 15.3. The van der Waals surface area contributed by atoms with E-state index in [-0.39, 0.29) is 19.1 Å². The Kier molecular flexibility index (Phi) is 6.45. The molecule has 106 valence electrons. The van der Waals surface area contributed by atoms with Gasteiger partial charge in [-0.25, -0.2) is 8.78 Å². The molecule has 5 nitrogen and oxygen atoms in total. The van der Waals surface area contributed by atoms with Crippen molar-refractivity contribution in [2.24, 2.45) is 5.73 Å². The average molecular weight is 265 g/mol. The van der Waals surface area contributed by atoms with Gasteiger partial charge in [0.05, 0.1) is 13.2 Å². The molecule has 1 saturated heterocycles. The van der Waals surface area contributed by atoms with Crippen LogP contribution in [0.15, 0.2) is 0 Å². The van der Waals surface area contributed by atoms with E-state index in [0.717, 1.165) is 0 Å². The first-order valence-electron chi connectivity index (χ1n) is 6.08. The maximum Gasteiger partial charge on any atom is 0.251 e. The molecule has 7 heteroatoms. The van der Waals surface area contributed by atoms with Crippen LogP contribution in [-0.2, 0) is 9.53 Å². The smallest absolute Gasteiger partial charge is 0.251 e. The van der Waals surface area contributed by atoms with Crippen LogP contribution in [0.2, 0.25) is 0 Å². The Bertz CT molecular complexity index is 267. The predicted molar refractivity (Wildman–Crippen MR) is 63.5 cm³/mol. The van der Waals surface area contributed by atoms with E-state index in [1.54, 1.807) is 9.80 Å². The zero-order valence-electron chi connectivity index (χ0n) is 10.6. The molecule has 1 rings (SSSR count). The number of carbonyl (C=O) groups is 1. The summed E-state index contributed by atoms with van der Waals surface area (Å²) in [5, 5.41) is 0. The van der Waals surface area contributed by atoms with E-state index < -0.39 is 12.5 Å². The number of carbonyl (C=O) groups excluding carboxylic acids is 1. The van der Waals surface area contributed by atoms with E-state index >= 15 is 0 Å². The molecule has 0 aromatic rings. The number of alkyl halides is 2. The van der Waals surface area contributed by atoms with Gasteiger partial charge in [0.1, 0.15) is 6.04 Å². The van der Waals surface area contributed by atoms with Crippen molar-refractivity contribution in [3.63, 3.8) is 0 Å². The molecular weight excluding hydrogens is 244 g/mol. The molecule has 0 aliphatic carbocycles. The third kappa shape index (κ3) is 4.83. The fraction of sp³-hybridized carbons (Fsp3) is 0.909. The summed E-state index contributed by atoms with van der Waals surface area (Å²) in [4.78, 5) is 15.2. The lowest BCUT2D eigenvalue weighted by Crippen LogP contribution is -2.47. The van der Waals surface area contributed by atoms with E-state index in [1.807, 2.05) is 0 Å². The summed E-state index contributed by atoms with van der Waals surface area (Å²) in [5.41, 5.74) is 5.68. The topological polar surface area (TPSA) is 58.8 Å². The molecule has 0 bridgehead atoms. The van der Waals surface area contributed by atoms with Crippen LogP contribution in [0.4, 0.5) is 8.78 Å². The fourth-order valence-electron chi connectivity index (χ4n) is 2.05. The second kappa shape index (κ2) is 7.60. The van der Waals surface area contributed by atoms with Gasteiger partial charge in [-0.2, -0.15) is 0 Å². The minimum atomic E-state index is -2.33. The highest BCUT2D eigenvalue weighted by atomic mass is 19.3. The van der Waals surface area contributed by atoms with E-state index in [9.17, 15) is 13.6 Å². The maximum atomic E-state index is 12.3. The Hall–Kier alpha value is -0.790. The summed E-state index contributed by atoms with van der Waals surface area (Å²) in [6.45, 7) is 2.02. The minimum absolute atomic E-state index is 0.171. The normalized spacial score (nSPS) is 19.9. The molecule has 0 aromatic heterocycles. The summed E-state index contributed by atoms with van der Waals surface area (Å²) < 4.78 is 29.4. The lowest BCUT2D eigenvalue weighted by Gasteiger charge is -2.24. The quantitative estimate of drug-likeness (QED) is 0.745. The lowest BCUT2D eigenvalue weighted by atomic mass is 10.2. The summed E-state index contributed by atoms with van der Waals surface area (Å²) in [6.07, 6.45) is -1.64. The molecule has 1 atom stereocenters. The fourth-order valence-corrected chi connectivity index (χ4v) is 2.05. The van der Waals surface area contributed by atoms with Gasteiger partial charge < -0.3 is 15.4 Å². The third-order valence-corrected chi connectivity index (χ3v) is 2.96. The van der Waals surface area contributed by atoms with E-state index in [2.05, 4.69) is 0 Å². The molecule has 1 fully saturated rings.